The van der Waals surface area contributed by atoms with E-state index in [2.05, 4.69) is 0 Å². The van der Waals surface area contributed by atoms with Crippen LogP contribution in [0.25, 0.3) is 0 Å². The van der Waals surface area contributed by atoms with Crippen molar-refractivity contribution in [2.24, 2.45) is 5.14 Å². The summed E-state index contributed by atoms with van der Waals surface area (Å²) in [6.07, 6.45) is 0. The number of carbonyl (C=O) groups is 1. The molecule has 1 unspecified atom stereocenters. The molecule has 0 aliphatic carbocycles. The lowest BCUT2D eigenvalue weighted by Gasteiger charge is -2.27. The van der Waals surface area contributed by atoms with E-state index in [1.165, 1.54) is 48.3 Å². The molecule has 0 fully saturated rings. The average Bonchev–Trinajstić information content (AvgIpc) is 2.50. The summed E-state index contributed by atoms with van der Waals surface area (Å²) in [7, 11) is -2.30. The molecule has 2 aromatic rings. The minimum Gasteiger partial charge on any atom is -0.479 e. The number of halogens is 1. The van der Waals surface area contributed by atoms with E-state index in [1.54, 1.807) is 13.0 Å². The fraction of sp³-hybridized carbons (Fsp3) is 0.188. The van der Waals surface area contributed by atoms with Crippen molar-refractivity contribution in [1.82, 2.24) is 0 Å². The van der Waals surface area contributed by atoms with Gasteiger partial charge in [0, 0.05) is 12.7 Å². The Morgan fingerprint density at radius 3 is 2.25 bits per heavy atom. The summed E-state index contributed by atoms with van der Waals surface area (Å²) in [5, 5.41) is 14.6. The monoisotopic (exact) mass is 352 g/mol. The third-order valence-corrected chi connectivity index (χ3v) is 4.63. The van der Waals surface area contributed by atoms with Crippen LogP contribution in [-0.2, 0) is 14.8 Å². The van der Waals surface area contributed by atoms with E-state index in [0.717, 1.165) is 0 Å². The van der Waals surface area contributed by atoms with Crippen LogP contribution >= 0.6 is 0 Å². The molecular weight excluding hydrogens is 335 g/mol. The summed E-state index contributed by atoms with van der Waals surface area (Å²) in [5.74, 6) is -1.65. The maximum Gasteiger partial charge on any atom is 0.331 e. The van der Waals surface area contributed by atoms with Gasteiger partial charge in [-0.2, -0.15) is 0 Å². The van der Waals surface area contributed by atoms with E-state index in [1.807, 2.05) is 0 Å². The molecule has 0 aliphatic heterocycles. The van der Waals surface area contributed by atoms with Gasteiger partial charge in [0.2, 0.25) is 10.0 Å². The lowest BCUT2D eigenvalue weighted by molar-refractivity contribution is -0.138. The number of aryl methyl sites for hydroxylation is 1. The predicted octanol–water partition coefficient (Wildman–Crippen LogP) is 2.04. The lowest BCUT2D eigenvalue weighted by Crippen LogP contribution is -2.31. The van der Waals surface area contributed by atoms with Gasteiger partial charge in [0.1, 0.15) is 5.82 Å². The highest BCUT2D eigenvalue weighted by Gasteiger charge is 2.26. The summed E-state index contributed by atoms with van der Waals surface area (Å²) < 4.78 is 36.3. The van der Waals surface area contributed by atoms with Gasteiger partial charge in [0.05, 0.1) is 4.90 Å². The molecule has 0 amide bonds. The second kappa shape index (κ2) is 6.58. The van der Waals surface area contributed by atoms with E-state index in [-0.39, 0.29) is 10.5 Å². The maximum absolute atomic E-state index is 13.8. The van der Waals surface area contributed by atoms with Gasteiger partial charge in [-0.3, -0.25) is 0 Å². The molecule has 0 saturated carbocycles. The molecule has 0 heterocycles. The highest BCUT2D eigenvalue weighted by Crippen LogP contribution is 2.28. The number of hydrogen-bond donors (Lipinski definition) is 2. The van der Waals surface area contributed by atoms with Gasteiger partial charge < -0.3 is 10.0 Å². The van der Waals surface area contributed by atoms with E-state index >= 15 is 0 Å². The molecule has 1 atom stereocenters. The molecule has 24 heavy (non-hydrogen) atoms. The molecule has 2 rings (SSSR count). The molecule has 8 heteroatoms. The van der Waals surface area contributed by atoms with Crippen molar-refractivity contribution >= 4 is 21.7 Å². The van der Waals surface area contributed by atoms with Crippen molar-refractivity contribution < 1.29 is 22.7 Å². The number of sulfonamides is 1. The van der Waals surface area contributed by atoms with E-state index in [0.29, 0.717) is 11.3 Å². The fourth-order valence-electron chi connectivity index (χ4n) is 2.33. The number of anilines is 1. The molecule has 0 radical (unpaired) electrons. The van der Waals surface area contributed by atoms with Crippen LogP contribution in [0.15, 0.2) is 47.4 Å². The largest absolute Gasteiger partial charge is 0.479 e. The molecule has 2 aromatic carbocycles. The van der Waals surface area contributed by atoms with Crippen molar-refractivity contribution in [1.29, 1.82) is 0 Å². The van der Waals surface area contributed by atoms with Crippen molar-refractivity contribution in [2.75, 3.05) is 11.9 Å². The first-order valence-electron chi connectivity index (χ1n) is 6.96. The van der Waals surface area contributed by atoms with Crippen LogP contribution in [0, 0.1) is 12.7 Å². The summed E-state index contributed by atoms with van der Waals surface area (Å²) in [5.41, 5.74) is 1.16. The first-order chi connectivity index (χ1) is 11.1. The second-order valence-electron chi connectivity index (χ2n) is 5.40. The third-order valence-electron chi connectivity index (χ3n) is 3.71. The predicted molar refractivity (Wildman–Crippen MR) is 87.7 cm³/mol. The Kier molecular flexibility index (Phi) is 4.91. The van der Waals surface area contributed by atoms with Gasteiger partial charge >= 0.3 is 5.97 Å². The van der Waals surface area contributed by atoms with Gasteiger partial charge in [-0.1, -0.05) is 12.1 Å². The van der Waals surface area contributed by atoms with Crippen LogP contribution in [0.1, 0.15) is 17.2 Å². The number of carboxylic acid groups (broad SMARTS) is 1. The number of benzene rings is 2. The van der Waals surface area contributed by atoms with Crippen LogP contribution in [0.2, 0.25) is 0 Å². The van der Waals surface area contributed by atoms with Gasteiger partial charge in [-0.05, 0) is 48.4 Å². The molecule has 0 aromatic heterocycles. The van der Waals surface area contributed by atoms with Crippen LogP contribution in [0.4, 0.5) is 10.1 Å². The molecule has 0 saturated heterocycles. The van der Waals surface area contributed by atoms with Crippen molar-refractivity contribution in [3.05, 3.63) is 59.4 Å². The van der Waals surface area contributed by atoms with Crippen LogP contribution in [0.5, 0.6) is 0 Å². The third kappa shape index (κ3) is 3.72. The Balaban J connectivity index is 2.41. The highest BCUT2D eigenvalue weighted by molar-refractivity contribution is 7.89. The Morgan fingerprint density at radius 2 is 1.79 bits per heavy atom. The number of hydrogen-bond acceptors (Lipinski definition) is 4. The van der Waals surface area contributed by atoms with Crippen LogP contribution < -0.4 is 10.0 Å². The first kappa shape index (κ1) is 17.9. The number of nitrogens with two attached hydrogens (primary N) is 1. The van der Waals surface area contributed by atoms with Crippen LogP contribution in [0.3, 0.4) is 0 Å². The standard InChI is InChI=1S/C16H17FN2O4S/c1-10-3-4-11(9-14(10)17)15(16(20)21)19(2)12-5-7-13(8-6-12)24(18,22)23/h3-9,15H,1-2H3,(H,20,21)(H2,18,22,23). The van der Waals surface area contributed by atoms with Gasteiger partial charge in [-0.25, -0.2) is 22.7 Å². The minimum atomic E-state index is -3.83. The maximum atomic E-state index is 13.8. The Labute approximate surface area is 139 Å². The number of primary sulfonamides is 1. The zero-order valence-corrected chi connectivity index (χ0v) is 13.9. The lowest BCUT2D eigenvalue weighted by atomic mass is 10.0. The number of aliphatic carboxylic acids is 1. The van der Waals surface area contributed by atoms with Gasteiger partial charge in [-0.15, -0.1) is 0 Å². The summed E-state index contributed by atoms with van der Waals surface area (Å²) in [6.45, 7) is 1.59. The SMILES string of the molecule is Cc1ccc(C(C(=O)O)N(C)c2ccc(S(N)(=O)=O)cc2)cc1F. The summed E-state index contributed by atoms with van der Waals surface area (Å²) in [4.78, 5) is 13.0. The Morgan fingerprint density at radius 1 is 1.21 bits per heavy atom. The van der Waals surface area contributed by atoms with Crippen molar-refractivity contribution in [2.45, 2.75) is 17.9 Å². The number of carboxylic acids is 1. The normalized spacial score (nSPS) is 12.7. The second-order valence-corrected chi connectivity index (χ2v) is 6.96. The van der Waals surface area contributed by atoms with E-state index in [9.17, 15) is 22.7 Å². The Bertz CT molecular complexity index is 866. The average molecular weight is 352 g/mol. The van der Waals surface area contributed by atoms with E-state index in [4.69, 9.17) is 5.14 Å². The first-order valence-corrected chi connectivity index (χ1v) is 8.50. The smallest absolute Gasteiger partial charge is 0.331 e. The summed E-state index contributed by atoms with van der Waals surface area (Å²) >= 11 is 0. The molecule has 3 N–H and O–H groups in total. The highest BCUT2D eigenvalue weighted by atomic mass is 32.2. The molecule has 6 nitrogen and oxygen atoms in total. The summed E-state index contributed by atoms with van der Waals surface area (Å²) in [6, 6.07) is 8.58. The van der Waals surface area contributed by atoms with Crippen LogP contribution in [-0.4, -0.2) is 26.5 Å². The minimum absolute atomic E-state index is 0.0760. The molecule has 0 aliphatic rings. The number of likely N-dealkylation sites (N-methyl/N-ethyl adjacent to an activating group) is 1. The fourth-order valence-corrected chi connectivity index (χ4v) is 2.85. The molecule has 0 spiro atoms. The number of nitrogens with zero attached hydrogens (tertiary/aromatic N) is 1. The Hall–Kier alpha value is -2.45. The quantitative estimate of drug-likeness (QED) is 0.858. The van der Waals surface area contributed by atoms with Gasteiger partial charge in [0.15, 0.2) is 6.04 Å². The van der Waals surface area contributed by atoms with Crippen molar-refractivity contribution in [3.63, 3.8) is 0 Å². The molecule has 128 valence electrons. The zero-order chi connectivity index (χ0) is 18.1. The molecular formula is C16H17FN2O4S. The zero-order valence-electron chi connectivity index (χ0n) is 13.1. The van der Waals surface area contributed by atoms with E-state index < -0.39 is 27.9 Å². The number of rotatable bonds is 5. The topological polar surface area (TPSA) is 101 Å². The van der Waals surface area contributed by atoms with Gasteiger partial charge in [0.25, 0.3) is 0 Å². The molecule has 0 bridgehead atoms. The van der Waals surface area contributed by atoms with Crippen molar-refractivity contribution in [3.8, 4) is 0 Å².